The molecule has 0 bridgehead atoms. The van der Waals surface area contributed by atoms with E-state index in [1.807, 2.05) is 6.92 Å². The van der Waals surface area contributed by atoms with Crippen molar-refractivity contribution in [2.45, 2.75) is 6.92 Å². The molecule has 0 saturated carbocycles. The van der Waals surface area contributed by atoms with Crippen LogP contribution in [0, 0.1) is 17.0 Å². The van der Waals surface area contributed by atoms with E-state index < -0.39 is 10.8 Å². The molecule has 0 unspecified atom stereocenters. The number of aromatic nitrogens is 1. The van der Waals surface area contributed by atoms with Gasteiger partial charge in [-0.3, -0.25) is 19.9 Å². The summed E-state index contributed by atoms with van der Waals surface area (Å²) >= 11 is 0. The van der Waals surface area contributed by atoms with Crippen molar-refractivity contribution in [3.8, 4) is 11.5 Å². The standard InChI is InChI=1S/C21H17N3O4/c1-15-13-17(9-10-20(15)28-18-6-4-12-22-14-18)23-21(25)11-8-16-5-2-3-7-19(16)24(26)27/h2-14H,1H3,(H,23,25). The molecule has 1 N–H and O–H groups in total. The Morgan fingerprint density at radius 1 is 1.18 bits per heavy atom. The highest BCUT2D eigenvalue weighted by Crippen LogP contribution is 2.27. The number of para-hydroxylation sites is 1. The lowest BCUT2D eigenvalue weighted by molar-refractivity contribution is -0.385. The van der Waals surface area contributed by atoms with Crippen LogP contribution in [0.5, 0.6) is 11.5 Å². The number of nitrogens with one attached hydrogen (secondary N) is 1. The molecule has 1 amide bonds. The Morgan fingerprint density at radius 2 is 2.00 bits per heavy atom. The number of benzene rings is 2. The molecular weight excluding hydrogens is 358 g/mol. The molecular formula is C21H17N3O4. The number of carbonyl (C=O) groups is 1. The maximum Gasteiger partial charge on any atom is 0.276 e. The largest absolute Gasteiger partial charge is 0.455 e. The number of nitro groups is 1. The van der Waals surface area contributed by atoms with Crippen LogP contribution in [0.25, 0.3) is 6.08 Å². The average Bonchev–Trinajstić information content (AvgIpc) is 2.69. The lowest BCUT2D eigenvalue weighted by Gasteiger charge is -2.10. The molecule has 0 aliphatic carbocycles. The maximum atomic E-state index is 12.1. The van der Waals surface area contributed by atoms with Crippen molar-refractivity contribution in [3.63, 3.8) is 0 Å². The Morgan fingerprint density at radius 3 is 2.71 bits per heavy atom. The smallest absolute Gasteiger partial charge is 0.276 e. The molecule has 0 spiro atoms. The van der Waals surface area contributed by atoms with Crippen LogP contribution < -0.4 is 10.1 Å². The molecule has 0 fully saturated rings. The van der Waals surface area contributed by atoms with E-state index in [0.717, 1.165) is 5.56 Å². The van der Waals surface area contributed by atoms with Crippen LogP contribution in [-0.2, 0) is 4.79 Å². The molecule has 3 rings (SSSR count). The van der Waals surface area contributed by atoms with Gasteiger partial charge < -0.3 is 10.1 Å². The zero-order valence-corrected chi connectivity index (χ0v) is 15.0. The van der Waals surface area contributed by atoms with Gasteiger partial charge in [0.2, 0.25) is 5.91 Å². The molecule has 0 atom stereocenters. The molecule has 1 heterocycles. The van der Waals surface area contributed by atoms with E-state index in [2.05, 4.69) is 10.3 Å². The molecule has 3 aromatic rings. The number of rotatable bonds is 6. The topological polar surface area (TPSA) is 94.4 Å². The number of ether oxygens (including phenoxy) is 1. The van der Waals surface area contributed by atoms with Gasteiger partial charge in [0.25, 0.3) is 5.69 Å². The SMILES string of the molecule is Cc1cc(NC(=O)C=Cc2ccccc2[N+](=O)[O-])ccc1Oc1cccnc1. The lowest BCUT2D eigenvalue weighted by Crippen LogP contribution is -2.08. The highest BCUT2D eigenvalue weighted by molar-refractivity contribution is 6.02. The molecule has 7 nitrogen and oxygen atoms in total. The summed E-state index contributed by atoms with van der Waals surface area (Å²) in [5.41, 5.74) is 1.73. The molecule has 0 aliphatic heterocycles. The van der Waals surface area contributed by atoms with Gasteiger partial charge in [-0.1, -0.05) is 12.1 Å². The summed E-state index contributed by atoms with van der Waals surface area (Å²) in [6.07, 6.45) is 5.95. The van der Waals surface area contributed by atoms with Crippen LogP contribution in [0.3, 0.4) is 0 Å². The van der Waals surface area contributed by atoms with Gasteiger partial charge in [0.15, 0.2) is 0 Å². The summed E-state index contributed by atoms with van der Waals surface area (Å²) in [7, 11) is 0. The number of carbonyl (C=O) groups excluding carboxylic acids is 1. The number of hydrogen-bond donors (Lipinski definition) is 1. The lowest BCUT2D eigenvalue weighted by atomic mass is 10.1. The van der Waals surface area contributed by atoms with Crippen molar-refractivity contribution in [2.75, 3.05) is 5.32 Å². The van der Waals surface area contributed by atoms with Crippen molar-refractivity contribution in [2.24, 2.45) is 0 Å². The third-order valence-corrected chi connectivity index (χ3v) is 3.85. The predicted octanol–water partition coefficient (Wildman–Crippen LogP) is 4.74. The molecule has 0 aliphatic rings. The number of pyridine rings is 1. The summed E-state index contributed by atoms with van der Waals surface area (Å²) in [5, 5.41) is 13.7. The monoisotopic (exact) mass is 375 g/mol. The number of hydrogen-bond acceptors (Lipinski definition) is 5. The summed E-state index contributed by atoms with van der Waals surface area (Å²) in [4.78, 5) is 26.7. The van der Waals surface area contributed by atoms with Crippen molar-refractivity contribution < 1.29 is 14.5 Å². The predicted molar refractivity (Wildman–Crippen MR) is 106 cm³/mol. The van der Waals surface area contributed by atoms with E-state index in [4.69, 9.17) is 4.74 Å². The number of nitro benzene ring substituents is 1. The third-order valence-electron chi connectivity index (χ3n) is 3.85. The van der Waals surface area contributed by atoms with Gasteiger partial charge in [-0.2, -0.15) is 0 Å². The van der Waals surface area contributed by atoms with Crippen molar-refractivity contribution in [1.29, 1.82) is 0 Å². The van der Waals surface area contributed by atoms with Gasteiger partial charge >= 0.3 is 0 Å². The second-order valence-electron chi connectivity index (χ2n) is 5.91. The van der Waals surface area contributed by atoms with Gasteiger partial charge in [-0.05, 0) is 55.0 Å². The second-order valence-corrected chi connectivity index (χ2v) is 5.91. The second kappa shape index (κ2) is 8.59. The highest BCUT2D eigenvalue weighted by atomic mass is 16.6. The molecule has 140 valence electrons. The average molecular weight is 375 g/mol. The number of aryl methyl sites for hydroxylation is 1. The van der Waals surface area contributed by atoms with Crippen molar-refractivity contribution >= 4 is 23.4 Å². The summed E-state index contributed by atoms with van der Waals surface area (Å²) in [6, 6.07) is 15.1. The minimum Gasteiger partial charge on any atom is -0.455 e. The van der Waals surface area contributed by atoms with Crippen LogP contribution in [0.15, 0.2) is 73.1 Å². The number of amides is 1. The Kier molecular flexibility index (Phi) is 5.76. The van der Waals surface area contributed by atoms with E-state index in [1.165, 1.54) is 18.2 Å². The van der Waals surface area contributed by atoms with Crippen LogP contribution in [0.1, 0.15) is 11.1 Å². The fourth-order valence-electron chi connectivity index (χ4n) is 2.52. The molecule has 0 radical (unpaired) electrons. The van der Waals surface area contributed by atoms with Gasteiger partial charge in [-0.15, -0.1) is 0 Å². The van der Waals surface area contributed by atoms with E-state index in [0.29, 0.717) is 22.7 Å². The zero-order valence-electron chi connectivity index (χ0n) is 15.0. The maximum absolute atomic E-state index is 12.1. The first kappa shape index (κ1) is 18.8. The quantitative estimate of drug-likeness (QED) is 0.381. The normalized spacial score (nSPS) is 10.6. The molecule has 0 saturated heterocycles. The number of nitrogens with zero attached hydrogens (tertiary/aromatic N) is 2. The first-order chi connectivity index (χ1) is 13.5. The fourth-order valence-corrected chi connectivity index (χ4v) is 2.52. The Balaban J connectivity index is 1.68. The van der Waals surface area contributed by atoms with Crippen molar-refractivity contribution in [1.82, 2.24) is 4.98 Å². The fraction of sp³-hybridized carbons (Fsp3) is 0.0476. The Bertz CT molecular complexity index is 1030. The molecule has 2 aromatic carbocycles. The Hall–Kier alpha value is -4.00. The van der Waals surface area contributed by atoms with E-state index in [9.17, 15) is 14.9 Å². The van der Waals surface area contributed by atoms with Gasteiger partial charge in [0.1, 0.15) is 11.5 Å². The van der Waals surface area contributed by atoms with Crippen LogP contribution in [-0.4, -0.2) is 15.8 Å². The molecule has 7 heteroatoms. The van der Waals surface area contributed by atoms with E-state index in [-0.39, 0.29) is 5.69 Å². The summed E-state index contributed by atoms with van der Waals surface area (Å²) in [5.74, 6) is 0.884. The summed E-state index contributed by atoms with van der Waals surface area (Å²) < 4.78 is 5.76. The highest BCUT2D eigenvalue weighted by Gasteiger charge is 2.10. The number of anilines is 1. The zero-order chi connectivity index (χ0) is 19.9. The first-order valence-electron chi connectivity index (χ1n) is 8.44. The van der Waals surface area contributed by atoms with Crippen LogP contribution in [0.4, 0.5) is 11.4 Å². The van der Waals surface area contributed by atoms with Gasteiger partial charge in [-0.25, -0.2) is 0 Å². The van der Waals surface area contributed by atoms with Crippen LogP contribution >= 0.6 is 0 Å². The minimum absolute atomic E-state index is 0.0562. The molecule has 28 heavy (non-hydrogen) atoms. The molecule has 1 aromatic heterocycles. The van der Waals surface area contributed by atoms with E-state index in [1.54, 1.807) is 60.9 Å². The van der Waals surface area contributed by atoms with E-state index >= 15 is 0 Å². The van der Waals surface area contributed by atoms with Crippen molar-refractivity contribution in [3.05, 3.63) is 94.3 Å². The first-order valence-corrected chi connectivity index (χ1v) is 8.44. The van der Waals surface area contributed by atoms with Crippen LogP contribution in [0.2, 0.25) is 0 Å². The summed E-state index contributed by atoms with van der Waals surface area (Å²) in [6.45, 7) is 1.87. The van der Waals surface area contributed by atoms with Gasteiger partial charge in [0, 0.05) is 24.0 Å². The Labute approximate surface area is 161 Å². The van der Waals surface area contributed by atoms with Gasteiger partial charge in [0.05, 0.1) is 16.7 Å². The third kappa shape index (κ3) is 4.79. The minimum atomic E-state index is -0.484.